The molecule has 0 saturated heterocycles. The third kappa shape index (κ3) is 4.96. The van der Waals surface area contributed by atoms with Gasteiger partial charge in [0.15, 0.2) is 5.69 Å². The zero-order valence-corrected chi connectivity index (χ0v) is 17.3. The van der Waals surface area contributed by atoms with Gasteiger partial charge in [-0.25, -0.2) is 14.6 Å². The van der Waals surface area contributed by atoms with Gasteiger partial charge in [-0.15, -0.1) is 0 Å². The van der Waals surface area contributed by atoms with E-state index in [0.29, 0.717) is 5.69 Å². The number of amides is 1. The first-order valence-corrected chi connectivity index (χ1v) is 10.3. The number of imidazole rings is 1. The number of esters is 1. The van der Waals surface area contributed by atoms with Crippen LogP contribution in [0.25, 0.3) is 11.3 Å². The molecule has 1 aromatic carbocycles. The molecular weight excluding hydrogens is 370 g/mol. The van der Waals surface area contributed by atoms with Crippen molar-refractivity contribution >= 4 is 12.1 Å². The summed E-state index contributed by atoms with van der Waals surface area (Å²) in [6.07, 6.45) is 4.90. The zero-order chi connectivity index (χ0) is 20.8. The molecule has 1 saturated carbocycles. The van der Waals surface area contributed by atoms with Crippen LogP contribution in [0.1, 0.15) is 63.0 Å². The highest BCUT2D eigenvalue weighted by Gasteiger charge is 2.32. The van der Waals surface area contributed by atoms with Crippen LogP contribution in [0.4, 0.5) is 4.79 Å². The zero-order valence-electron chi connectivity index (χ0n) is 17.3. The molecule has 7 nitrogen and oxygen atoms in total. The molecule has 0 spiro atoms. The van der Waals surface area contributed by atoms with E-state index in [4.69, 9.17) is 9.47 Å². The maximum atomic E-state index is 12.5. The fourth-order valence-electron chi connectivity index (χ4n) is 3.86. The highest BCUT2D eigenvalue weighted by atomic mass is 16.6. The van der Waals surface area contributed by atoms with Gasteiger partial charge in [0.2, 0.25) is 0 Å². The van der Waals surface area contributed by atoms with Gasteiger partial charge < -0.3 is 19.4 Å². The summed E-state index contributed by atoms with van der Waals surface area (Å²) in [5, 5.41) is 3.02. The number of aromatic nitrogens is 2. The molecule has 0 radical (unpaired) electrons. The topological polar surface area (TPSA) is 82.5 Å². The van der Waals surface area contributed by atoms with Gasteiger partial charge in [-0.05, 0) is 33.6 Å². The van der Waals surface area contributed by atoms with Crippen molar-refractivity contribution in [3.63, 3.8) is 0 Å². The number of benzene rings is 1. The largest absolute Gasteiger partial charge is 0.461 e. The lowest BCUT2D eigenvalue weighted by Crippen LogP contribution is -2.43. The Bertz CT molecular complexity index is 832. The minimum atomic E-state index is -0.440. The molecule has 156 valence electrons. The highest BCUT2D eigenvalue weighted by molar-refractivity contribution is 5.94. The lowest BCUT2D eigenvalue weighted by molar-refractivity contribution is 0.0520. The Hall–Kier alpha value is -2.83. The molecule has 29 heavy (non-hydrogen) atoms. The van der Waals surface area contributed by atoms with E-state index in [0.717, 1.165) is 36.9 Å². The summed E-state index contributed by atoms with van der Waals surface area (Å²) in [5.41, 5.74) is 1.91. The van der Waals surface area contributed by atoms with Crippen LogP contribution in [0.2, 0.25) is 0 Å². The number of nitrogens with one attached hydrogen (secondary N) is 1. The predicted octanol–water partition coefficient (Wildman–Crippen LogP) is 4.35. The monoisotopic (exact) mass is 399 g/mol. The van der Waals surface area contributed by atoms with Gasteiger partial charge in [0.05, 0.1) is 36.8 Å². The summed E-state index contributed by atoms with van der Waals surface area (Å²) in [6, 6.07) is 9.58. The normalized spacial score (nSPS) is 19.0. The molecule has 2 aromatic rings. The van der Waals surface area contributed by atoms with Crippen LogP contribution < -0.4 is 5.32 Å². The molecule has 0 bridgehead atoms. The fraction of sp³-hybridized carbons (Fsp3) is 0.500. The third-order valence-electron chi connectivity index (χ3n) is 5.04. The molecule has 1 N–H and O–H groups in total. The van der Waals surface area contributed by atoms with E-state index >= 15 is 0 Å². The van der Waals surface area contributed by atoms with Crippen molar-refractivity contribution in [1.29, 1.82) is 0 Å². The first-order chi connectivity index (χ1) is 14.0. The second-order valence-electron chi connectivity index (χ2n) is 7.49. The van der Waals surface area contributed by atoms with Crippen molar-refractivity contribution in [2.45, 2.75) is 64.6 Å². The molecule has 1 aliphatic carbocycles. The number of rotatable bonds is 6. The summed E-state index contributed by atoms with van der Waals surface area (Å²) in [4.78, 5) is 29.1. The van der Waals surface area contributed by atoms with Crippen molar-refractivity contribution in [2.75, 3.05) is 6.61 Å². The van der Waals surface area contributed by atoms with Crippen LogP contribution in [0.5, 0.6) is 0 Å². The van der Waals surface area contributed by atoms with Crippen LogP contribution in [-0.2, 0) is 9.47 Å². The predicted molar refractivity (Wildman–Crippen MR) is 110 cm³/mol. The number of alkyl carbamates (subject to hydrolysis) is 1. The minimum Gasteiger partial charge on any atom is -0.461 e. The Morgan fingerprint density at radius 3 is 2.62 bits per heavy atom. The smallest absolute Gasteiger partial charge is 0.407 e. The molecule has 1 amide bonds. The van der Waals surface area contributed by atoms with E-state index in [1.54, 1.807) is 13.3 Å². The van der Waals surface area contributed by atoms with Gasteiger partial charge in [-0.3, -0.25) is 0 Å². The number of carbonyl (C=O) groups excluding carboxylic acids is 2. The summed E-state index contributed by atoms with van der Waals surface area (Å²) in [5.74, 6) is -0.440. The maximum Gasteiger partial charge on any atom is 0.407 e. The van der Waals surface area contributed by atoms with Gasteiger partial charge in [-0.2, -0.15) is 0 Å². The minimum absolute atomic E-state index is 0.0191. The van der Waals surface area contributed by atoms with Crippen molar-refractivity contribution in [1.82, 2.24) is 14.9 Å². The van der Waals surface area contributed by atoms with Crippen molar-refractivity contribution in [2.24, 2.45) is 0 Å². The van der Waals surface area contributed by atoms with Gasteiger partial charge in [0, 0.05) is 5.56 Å². The highest BCUT2D eigenvalue weighted by Crippen LogP contribution is 2.34. The Labute approximate surface area is 171 Å². The van der Waals surface area contributed by atoms with Crippen molar-refractivity contribution < 1.29 is 19.1 Å². The third-order valence-corrected chi connectivity index (χ3v) is 5.04. The standard InChI is InChI=1S/C22H29N3O4/c1-4-28-21(26)19-20(16-10-6-5-7-11-16)25(14-23-19)18-13-9-8-12-17(18)24-22(27)29-15(2)3/h5-7,10-11,14-15,17-18H,4,8-9,12-13H2,1-3H3,(H,24,27)/t17-,18-/m0/s1. The van der Waals surface area contributed by atoms with Crippen LogP contribution >= 0.6 is 0 Å². The first kappa shape index (κ1) is 20.9. The van der Waals surface area contributed by atoms with E-state index in [1.165, 1.54) is 0 Å². The molecule has 3 rings (SSSR count). The molecule has 1 fully saturated rings. The summed E-state index contributed by atoms with van der Waals surface area (Å²) < 4.78 is 12.5. The fourth-order valence-corrected chi connectivity index (χ4v) is 3.86. The van der Waals surface area contributed by atoms with Crippen LogP contribution in [-0.4, -0.2) is 40.4 Å². The van der Waals surface area contributed by atoms with Gasteiger partial charge in [0.25, 0.3) is 0 Å². The molecule has 0 aliphatic heterocycles. The molecule has 1 aromatic heterocycles. The summed E-state index contributed by atoms with van der Waals surface area (Å²) in [6.45, 7) is 5.72. The lowest BCUT2D eigenvalue weighted by atomic mass is 9.89. The Balaban J connectivity index is 1.97. The first-order valence-electron chi connectivity index (χ1n) is 10.3. The van der Waals surface area contributed by atoms with E-state index in [2.05, 4.69) is 10.3 Å². The average Bonchev–Trinajstić information content (AvgIpc) is 3.13. The Morgan fingerprint density at radius 1 is 1.21 bits per heavy atom. The number of carbonyl (C=O) groups is 2. The van der Waals surface area contributed by atoms with E-state index in [9.17, 15) is 9.59 Å². The summed E-state index contributed by atoms with van der Waals surface area (Å²) >= 11 is 0. The molecular formula is C22H29N3O4. The van der Waals surface area contributed by atoms with Gasteiger partial charge >= 0.3 is 12.1 Å². The van der Waals surface area contributed by atoms with Gasteiger partial charge in [0.1, 0.15) is 0 Å². The maximum absolute atomic E-state index is 12.5. The molecule has 0 unspecified atom stereocenters. The molecule has 1 aliphatic rings. The second-order valence-corrected chi connectivity index (χ2v) is 7.49. The Morgan fingerprint density at radius 2 is 1.93 bits per heavy atom. The van der Waals surface area contributed by atoms with Crippen LogP contribution in [0.3, 0.4) is 0 Å². The van der Waals surface area contributed by atoms with E-state index in [-0.39, 0.29) is 24.8 Å². The summed E-state index contributed by atoms with van der Waals surface area (Å²) in [7, 11) is 0. The number of hydrogen-bond donors (Lipinski definition) is 1. The van der Waals surface area contributed by atoms with Crippen molar-refractivity contribution in [3.8, 4) is 11.3 Å². The van der Waals surface area contributed by atoms with Crippen LogP contribution in [0.15, 0.2) is 36.7 Å². The Kier molecular flexibility index (Phi) is 6.90. The lowest BCUT2D eigenvalue weighted by Gasteiger charge is -2.34. The number of ether oxygens (including phenoxy) is 2. The quantitative estimate of drug-likeness (QED) is 0.731. The second kappa shape index (κ2) is 9.58. The average molecular weight is 399 g/mol. The van der Waals surface area contributed by atoms with Gasteiger partial charge in [-0.1, -0.05) is 43.2 Å². The molecule has 2 atom stereocenters. The molecule has 7 heteroatoms. The van der Waals surface area contributed by atoms with E-state index in [1.807, 2.05) is 48.7 Å². The van der Waals surface area contributed by atoms with Crippen LogP contribution in [0, 0.1) is 0 Å². The number of nitrogens with zero attached hydrogens (tertiary/aromatic N) is 2. The SMILES string of the molecule is CCOC(=O)c1ncn([C@H]2CCCC[C@@H]2NC(=O)OC(C)C)c1-c1ccccc1. The molecule has 1 heterocycles. The van der Waals surface area contributed by atoms with E-state index < -0.39 is 12.1 Å². The van der Waals surface area contributed by atoms with Crippen molar-refractivity contribution in [3.05, 3.63) is 42.4 Å². The number of hydrogen-bond acceptors (Lipinski definition) is 5.